The lowest BCUT2D eigenvalue weighted by molar-refractivity contribution is 0.0637. The average Bonchev–Trinajstić information content (AvgIpc) is 2.68. The number of aliphatic hydroxyl groups is 2. The van der Waals surface area contributed by atoms with Crippen LogP contribution in [-0.2, 0) is 0 Å². The molecule has 0 aliphatic rings. The van der Waals surface area contributed by atoms with E-state index in [1.165, 1.54) is 6.20 Å². The van der Waals surface area contributed by atoms with Crippen molar-refractivity contribution in [1.29, 1.82) is 0 Å². The predicted molar refractivity (Wildman–Crippen MR) is 68.9 cm³/mol. The molecule has 2 atom stereocenters. The van der Waals surface area contributed by atoms with Gasteiger partial charge in [-0.2, -0.15) is 0 Å². The van der Waals surface area contributed by atoms with Crippen molar-refractivity contribution in [3.63, 3.8) is 0 Å². The van der Waals surface area contributed by atoms with Gasteiger partial charge in [-0.1, -0.05) is 20.8 Å². The van der Waals surface area contributed by atoms with Gasteiger partial charge in [0.25, 0.3) is 0 Å². The Balaban J connectivity index is 2.55. The molecule has 2 unspecified atom stereocenters. The van der Waals surface area contributed by atoms with Gasteiger partial charge in [0.05, 0.1) is 24.1 Å². The molecule has 0 radical (unpaired) electrons. The largest absolute Gasteiger partial charge is 0.388 e. The summed E-state index contributed by atoms with van der Waals surface area (Å²) < 4.78 is 0. The van der Waals surface area contributed by atoms with Crippen LogP contribution in [0.5, 0.6) is 0 Å². The molecular formula is C13H19N3O2. The maximum atomic E-state index is 10.3. The van der Waals surface area contributed by atoms with Crippen LogP contribution in [0.1, 0.15) is 51.2 Å². The number of aliphatic hydroxyl groups excluding tert-OH is 2. The molecule has 2 heterocycles. The summed E-state index contributed by atoms with van der Waals surface area (Å²) in [5, 5.41) is 19.9. The van der Waals surface area contributed by atoms with Crippen molar-refractivity contribution in [3.05, 3.63) is 23.7 Å². The average molecular weight is 249 g/mol. The fraction of sp³-hybridized carbons (Fsp3) is 0.538. The van der Waals surface area contributed by atoms with E-state index in [2.05, 4.69) is 15.0 Å². The molecule has 3 N–H and O–H groups in total. The lowest BCUT2D eigenvalue weighted by Crippen LogP contribution is -2.17. The smallest absolute Gasteiger partial charge is 0.156 e. The van der Waals surface area contributed by atoms with E-state index in [1.54, 1.807) is 13.1 Å². The number of hydrogen-bond acceptors (Lipinski definition) is 4. The van der Waals surface area contributed by atoms with Crippen LogP contribution in [0.3, 0.4) is 0 Å². The molecule has 18 heavy (non-hydrogen) atoms. The molecule has 2 aromatic rings. The molecule has 5 nitrogen and oxygen atoms in total. The predicted octanol–water partition coefficient (Wildman–Crippen LogP) is 2.09. The van der Waals surface area contributed by atoms with Gasteiger partial charge in [0.15, 0.2) is 5.65 Å². The third kappa shape index (κ3) is 2.23. The van der Waals surface area contributed by atoms with E-state index in [0.29, 0.717) is 22.4 Å². The minimum absolute atomic E-state index is 0.280. The second-order valence-corrected chi connectivity index (χ2v) is 5.68. The first-order valence-electron chi connectivity index (χ1n) is 6.00. The first kappa shape index (κ1) is 13.0. The summed E-state index contributed by atoms with van der Waals surface area (Å²) in [6, 6.07) is 0. The zero-order valence-electron chi connectivity index (χ0n) is 11.1. The van der Waals surface area contributed by atoms with Crippen LogP contribution >= 0.6 is 0 Å². The van der Waals surface area contributed by atoms with Gasteiger partial charge in [-0.25, -0.2) is 9.97 Å². The molecule has 0 saturated carbocycles. The number of H-pyrrole nitrogens is 1. The van der Waals surface area contributed by atoms with Gasteiger partial charge < -0.3 is 15.2 Å². The summed E-state index contributed by atoms with van der Waals surface area (Å²) in [5.74, 6) is 0. The van der Waals surface area contributed by atoms with Gasteiger partial charge in [-0.05, 0) is 12.3 Å². The molecule has 0 fully saturated rings. The van der Waals surface area contributed by atoms with Crippen molar-refractivity contribution in [2.45, 2.75) is 39.9 Å². The van der Waals surface area contributed by atoms with Crippen molar-refractivity contribution >= 4 is 11.2 Å². The van der Waals surface area contributed by atoms with E-state index in [1.807, 2.05) is 20.8 Å². The van der Waals surface area contributed by atoms with E-state index < -0.39 is 12.2 Å². The minimum Gasteiger partial charge on any atom is -0.388 e. The monoisotopic (exact) mass is 249 g/mol. The Hall–Kier alpha value is -1.46. The van der Waals surface area contributed by atoms with Crippen molar-refractivity contribution < 1.29 is 10.2 Å². The molecule has 2 rings (SSSR count). The molecule has 0 aliphatic carbocycles. The SMILES string of the molecule is CC(O)c1cnc2[nH]cc(C(O)C(C)(C)C)c2n1. The summed E-state index contributed by atoms with van der Waals surface area (Å²) >= 11 is 0. The number of aromatic amines is 1. The maximum absolute atomic E-state index is 10.3. The number of hydrogen-bond donors (Lipinski definition) is 3. The van der Waals surface area contributed by atoms with Crippen molar-refractivity contribution in [3.8, 4) is 0 Å². The standard InChI is InChI=1S/C13H19N3O2/c1-7(17)9-6-15-12-10(16-9)8(5-14-12)11(18)13(2,3)4/h5-7,11,17-18H,1-4H3,(H,14,15). The molecule has 98 valence electrons. The molecule has 2 aromatic heterocycles. The van der Waals surface area contributed by atoms with Crippen LogP contribution in [0, 0.1) is 5.41 Å². The zero-order valence-corrected chi connectivity index (χ0v) is 11.1. The Morgan fingerprint density at radius 3 is 2.50 bits per heavy atom. The molecule has 0 aromatic carbocycles. The maximum Gasteiger partial charge on any atom is 0.156 e. The number of fused-ring (bicyclic) bond motifs is 1. The second kappa shape index (κ2) is 4.33. The van der Waals surface area contributed by atoms with E-state index >= 15 is 0 Å². The van der Waals surface area contributed by atoms with Gasteiger partial charge in [0.1, 0.15) is 5.52 Å². The van der Waals surface area contributed by atoms with Crippen LogP contribution in [0.2, 0.25) is 0 Å². The Labute approximate surface area is 106 Å². The number of nitrogens with zero attached hydrogens (tertiary/aromatic N) is 2. The number of aromatic nitrogens is 3. The summed E-state index contributed by atoms with van der Waals surface area (Å²) in [6.45, 7) is 7.52. The third-order valence-corrected chi connectivity index (χ3v) is 2.97. The highest BCUT2D eigenvalue weighted by Gasteiger charge is 2.27. The summed E-state index contributed by atoms with van der Waals surface area (Å²) in [4.78, 5) is 11.6. The first-order valence-corrected chi connectivity index (χ1v) is 6.00. The molecule has 5 heteroatoms. The van der Waals surface area contributed by atoms with Crippen molar-refractivity contribution in [2.75, 3.05) is 0 Å². The molecular weight excluding hydrogens is 230 g/mol. The highest BCUT2D eigenvalue weighted by Crippen LogP contribution is 2.35. The Kier molecular flexibility index (Phi) is 3.12. The zero-order chi connectivity index (χ0) is 13.5. The highest BCUT2D eigenvalue weighted by atomic mass is 16.3. The lowest BCUT2D eigenvalue weighted by atomic mass is 9.85. The van der Waals surface area contributed by atoms with Crippen LogP contribution in [-0.4, -0.2) is 25.2 Å². The second-order valence-electron chi connectivity index (χ2n) is 5.68. The quantitative estimate of drug-likeness (QED) is 0.761. The van der Waals surface area contributed by atoms with Gasteiger partial charge in [0, 0.05) is 11.8 Å². The summed E-state index contributed by atoms with van der Waals surface area (Å²) in [7, 11) is 0. The fourth-order valence-corrected chi connectivity index (χ4v) is 1.80. The molecule has 0 aliphatic heterocycles. The van der Waals surface area contributed by atoms with Crippen LogP contribution in [0.15, 0.2) is 12.4 Å². The number of nitrogens with one attached hydrogen (secondary N) is 1. The summed E-state index contributed by atoms with van der Waals surface area (Å²) in [6.07, 6.45) is 1.96. The van der Waals surface area contributed by atoms with Crippen LogP contribution < -0.4 is 0 Å². The van der Waals surface area contributed by atoms with Gasteiger partial charge in [0.2, 0.25) is 0 Å². The van der Waals surface area contributed by atoms with E-state index in [4.69, 9.17) is 0 Å². The van der Waals surface area contributed by atoms with Gasteiger partial charge >= 0.3 is 0 Å². The lowest BCUT2D eigenvalue weighted by Gasteiger charge is -2.25. The van der Waals surface area contributed by atoms with E-state index in [0.717, 1.165) is 0 Å². The topological polar surface area (TPSA) is 82.0 Å². The minimum atomic E-state index is -0.670. The van der Waals surface area contributed by atoms with Crippen molar-refractivity contribution in [2.24, 2.45) is 5.41 Å². The number of rotatable bonds is 2. The van der Waals surface area contributed by atoms with Crippen LogP contribution in [0.4, 0.5) is 0 Å². The summed E-state index contributed by atoms with van der Waals surface area (Å²) in [5.41, 5.74) is 2.18. The third-order valence-electron chi connectivity index (χ3n) is 2.97. The Bertz CT molecular complexity index is 555. The molecule has 0 saturated heterocycles. The molecule has 0 amide bonds. The Morgan fingerprint density at radius 1 is 1.28 bits per heavy atom. The first-order chi connectivity index (χ1) is 8.30. The highest BCUT2D eigenvalue weighted by molar-refractivity contribution is 5.75. The molecule has 0 spiro atoms. The fourth-order valence-electron chi connectivity index (χ4n) is 1.80. The van der Waals surface area contributed by atoms with Gasteiger partial charge in [-0.15, -0.1) is 0 Å². The van der Waals surface area contributed by atoms with E-state index in [-0.39, 0.29) is 5.41 Å². The van der Waals surface area contributed by atoms with Gasteiger partial charge in [-0.3, -0.25) is 0 Å². The molecule has 0 bridgehead atoms. The van der Waals surface area contributed by atoms with E-state index in [9.17, 15) is 10.2 Å². The Morgan fingerprint density at radius 2 is 1.94 bits per heavy atom. The van der Waals surface area contributed by atoms with Crippen LogP contribution in [0.25, 0.3) is 11.2 Å². The normalized spacial score (nSPS) is 15.9. The van der Waals surface area contributed by atoms with Crippen molar-refractivity contribution in [1.82, 2.24) is 15.0 Å².